The second-order valence-electron chi connectivity index (χ2n) is 3.57. The molecule has 6 heteroatoms. The number of thiazole rings is 1. The van der Waals surface area contributed by atoms with E-state index in [0.717, 1.165) is 4.88 Å². The molecule has 0 spiro atoms. The molecule has 1 N–H and O–H groups in total. The highest BCUT2D eigenvalue weighted by atomic mass is 32.1. The first kappa shape index (κ1) is 10.8. The van der Waals surface area contributed by atoms with Gasteiger partial charge in [0.1, 0.15) is 0 Å². The van der Waals surface area contributed by atoms with Gasteiger partial charge in [0.25, 0.3) is 5.56 Å². The van der Waals surface area contributed by atoms with Gasteiger partial charge in [-0.05, 0) is 0 Å². The number of nitrogens with zero attached hydrogens (tertiary/aromatic N) is 2. The van der Waals surface area contributed by atoms with Crippen LogP contribution in [0.2, 0.25) is 0 Å². The molecule has 0 fully saturated rings. The van der Waals surface area contributed by atoms with Gasteiger partial charge in [-0.2, -0.15) is 0 Å². The third-order valence-corrected chi connectivity index (χ3v) is 3.51. The molecule has 1 unspecified atom stereocenters. The minimum atomic E-state index is -0.842. The van der Waals surface area contributed by atoms with Crippen LogP contribution in [-0.4, -0.2) is 20.5 Å². The summed E-state index contributed by atoms with van der Waals surface area (Å²) < 4.78 is 1.44. The number of rotatable bonds is 3. The Balaban J connectivity index is 2.43. The summed E-state index contributed by atoms with van der Waals surface area (Å²) in [4.78, 5) is 27.6. The molecule has 0 aliphatic rings. The number of aromatic nitrogens is 2. The number of hydrogen-bond donors (Lipinski definition) is 1. The first-order valence-electron chi connectivity index (χ1n) is 4.77. The molecule has 2 rings (SSSR count). The van der Waals surface area contributed by atoms with Crippen molar-refractivity contribution < 1.29 is 9.90 Å². The third kappa shape index (κ3) is 1.96. The summed E-state index contributed by atoms with van der Waals surface area (Å²) in [5.74, 6) is -0.950. The van der Waals surface area contributed by atoms with E-state index in [2.05, 4.69) is 4.98 Å². The summed E-state index contributed by atoms with van der Waals surface area (Å²) in [7, 11) is 0. The average Bonchev–Trinajstić information content (AvgIpc) is 2.61. The van der Waals surface area contributed by atoms with E-state index in [4.69, 9.17) is 5.11 Å². The van der Waals surface area contributed by atoms with Crippen LogP contribution in [0.1, 0.15) is 24.1 Å². The van der Waals surface area contributed by atoms with Crippen LogP contribution in [0.4, 0.5) is 0 Å². The lowest BCUT2D eigenvalue weighted by atomic mass is 10.1. The molecule has 5 nitrogen and oxygen atoms in total. The van der Waals surface area contributed by atoms with Crippen LogP contribution in [0.3, 0.4) is 0 Å². The van der Waals surface area contributed by atoms with Crippen LogP contribution in [0, 0.1) is 0 Å². The monoisotopic (exact) mass is 238 g/mol. The Labute approximate surface area is 95.0 Å². The molecule has 0 saturated carbocycles. The Bertz CT molecular complexity index is 587. The van der Waals surface area contributed by atoms with Crippen molar-refractivity contribution >= 4 is 22.3 Å². The highest BCUT2D eigenvalue weighted by Gasteiger charge is 2.14. The first-order chi connectivity index (χ1) is 7.58. The van der Waals surface area contributed by atoms with Gasteiger partial charge in [0.05, 0.1) is 6.42 Å². The molecule has 2 aromatic rings. The Morgan fingerprint density at radius 3 is 3.06 bits per heavy atom. The second kappa shape index (κ2) is 4.05. The van der Waals surface area contributed by atoms with Crippen LogP contribution in [-0.2, 0) is 4.79 Å². The number of carbonyl (C=O) groups is 1. The van der Waals surface area contributed by atoms with Crippen LogP contribution in [0.25, 0.3) is 4.96 Å². The van der Waals surface area contributed by atoms with Crippen molar-refractivity contribution in [2.75, 3.05) is 0 Å². The average molecular weight is 238 g/mol. The fourth-order valence-electron chi connectivity index (χ4n) is 1.45. The summed E-state index contributed by atoms with van der Waals surface area (Å²) in [6.45, 7) is 1.82. The lowest BCUT2D eigenvalue weighted by molar-refractivity contribution is -0.137. The molecular formula is C10H10N2O3S. The van der Waals surface area contributed by atoms with Crippen molar-refractivity contribution in [1.82, 2.24) is 9.38 Å². The number of carboxylic acid groups (broad SMARTS) is 1. The molecular weight excluding hydrogens is 228 g/mol. The third-order valence-electron chi connectivity index (χ3n) is 2.28. The van der Waals surface area contributed by atoms with Crippen LogP contribution in [0.5, 0.6) is 0 Å². The minimum Gasteiger partial charge on any atom is -0.481 e. The molecule has 0 saturated heterocycles. The van der Waals surface area contributed by atoms with Crippen molar-refractivity contribution in [3.63, 3.8) is 0 Å². The molecule has 2 heterocycles. The molecule has 0 radical (unpaired) electrons. The summed E-state index contributed by atoms with van der Waals surface area (Å²) in [6.07, 6.45) is 3.18. The predicted octanol–water partition coefficient (Wildman–Crippen LogP) is 1.33. The van der Waals surface area contributed by atoms with Gasteiger partial charge < -0.3 is 5.11 Å². The normalized spacial score (nSPS) is 12.8. The number of carboxylic acids is 1. The van der Waals surface area contributed by atoms with Crippen LogP contribution < -0.4 is 5.56 Å². The van der Waals surface area contributed by atoms with E-state index in [9.17, 15) is 9.59 Å². The second-order valence-corrected chi connectivity index (χ2v) is 4.61. The maximum Gasteiger partial charge on any atom is 0.303 e. The molecule has 2 aromatic heterocycles. The van der Waals surface area contributed by atoms with Gasteiger partial charge >= 0.3 is 5.97 Å². The Kier molecular flexibility index (Phi) is 2.74. The van der Waals surface area contributed by atoms with E-state index in [0.29, 0.717) is 4.96 Å². The number of fused-ring (bicyclic) bond motifs is 1. The van der Waals surface area contributed by atoms with Gasteiger partial charge in [0, 0.05) is 29.3 Å². The summed E-state index contributed by atoms with van der Waals surface area (Å²) in [6, 6.07) is 1.38. The summed E-state index contributed by atoms with van der Waals surface area (Å²) in [5, 5.41) is 8.70. The van der Waals surface area contributed by atoms with Crippen LogP contribution in [0.15, 0.2) is 23.3 Å². The lowest BCUT2D eigenvalue weighted by Crippen LogP contribution is -2.09. The van der Waals surface area contributed by atoms with Crippen molar-refractivity contribution in [3.8, 4) is 0 Å². The van der Waals surface area contributed by atoms with Gasteiger partial charge in [-0.1, -0.05) is 6.92 Å². The molecule has 84 valence electrons. The molecule has 0 aromatic carbocycles. The van der Waals surface area contributed by atoms with Crippen LogP contribution >= 0.6 is 11.3 Å². The Morgan fingerprint density at radius 1 is 1.69 bits per heavy atom. The molecule has 16 heavy (non-hydrogen) atoms. The standard InChI is InChI=1S/C10H10N2O3S/c1-6(4-9(14)15)7-5-12-8(13)2-3-11-10(12)16-7/h2-3,5-6H,4H2,1H3,(H,14,15). The molecule has 0 amide bonds. The topological polar surface area (TPSA) is 71.7 Å². The van der Waals surface area contributed by atoms with Gasteiger partial charge in [-0.3, -0.25) is 14.0 Å². The quantitative estimate of drug-likeness (QED) is 0.875. The largest absolute Gasteiger partial charge is 0.481 e. The molecule has 1 atom stereocenters. The molecule has 0 aliphatic heterocycles. The zero-order valence-electron chi connectivity index (χ0n) is 8.58. The highest BCUT2D eigenvalue weighted by molar-refractivity contribution is 7.17. The maximum atomic E-state index is 11.5. The molecule has 0 bridgehead atoms. The van der Waals surface area contributed by atoms with E-state index >= 15 is 0 Å². The van der Waals surface area contributed by atoms with Gasteiger partial charge in [0.2, 0.25) is 0 Å². The fourth-order valence-corrected chi connectivity index (χ4v) is 2.45. The maximum absolute atomic E-state index is 11.5. The van der Waals surface area contributed by atoms with Gasteiger partial charge in [-0.25, -0.2) is 4.98 Å². The minimum absolute atomic E-state index is 0.0571. The van der Waals surface area contributed by atoms with Crippen molar-refractivity contribution in [2.45, 2.75) is 19.3 Å². The van der Waals surface area contributed by atoms with E-state index in [1.54, 1.807) is 6.20 Å². The highest BCUT2D eigenvalue weighted by Crippen LogP contribution is 2.25. The lowest BCUT2D eigenvalue weighted by Gasteiger charge is -2.02. The fraction of sp³-hybridized carbons (Fsp3) is 0.300. The zero-order chi connectivity index (χ0) is 11.7. The molecule has 0 aliphatic carbocycles. The van der Waals surface area contributed by atoms with Crippen molar-refractivity contribution in [3.05, 3.63) is 33.7 Å². The first-order valence-corrected chi connectivity index (χ1v) is 5.58. The Hall–Kier alpha value is -1.69. The zero-order valence-corrected chi connectivity index (χ0v) is 9.40. The van der Waals surface area contributed by atoms with E-state index < -0.39 is 5.97 Å². The predicted molar refractivity (Wildman–Crippen MR) is 60.0 cm³/mol. The number of hydrogen-bond acceptors (Lipinski definition) is 4. The van der Waals surface area contributed by atoms with E-state index in [1.807, 2.05) is 6.92 Å². The van der Waals surface area contributed by atoms with E-state index in [1.165, 1.54) is 28.0 Å². The smallest absolute Gasteiger partial charge is 0.303 e. The SMILES string of the molecule is CC(CC(=O)O)c1cn2c(=O)ccnc2s1. The van der Waals surface area contributed by atoms with Gasteiger partial charge in [-0.15, -0.1) is 11.3 Å². The van der Waals surface area contributed by atoms with Crippen molar-refractivity contribution in [2.24, 2.45) is 0 Å². The summed E-state index contributed by atoms with van der Waals surface area (Å²) in [5.41, 5.74) is -0.143. The number of aliphatic carboxylic acids is 1. The van der Waals surface area contributed by atoms with Gasteiger partial charge in [0.15, 0.2) is 4.96 Å². The Morgan fingerprint density at radius 2 is 2.44 bits per heavy atom. The summed E-state index contributed by atoms with van der Waals surface area (Å²) >= 11 is 1.35. The van der Waals surface area contributed by atoms with E-state index in [-0.39, 0.29) is 17.9 Å². The van der Waals surface area contributed by atoms with Crippen molar-refractivity contribution in [1.29, 1.82) is 0 Å².